The quantitative estimate of drug-likeness (QED) is 0.641. The topological polar surface area (TPSA) is 64.4 Å². The first-order valence-corrected chi connectivity index (χ1v) is 5.69. The van der Waals surface area contributed by atoms with Gasteiger partial charge in [0.1, 0.15) is 6.10 Å². The Labute approximate surface area is 99.9 Å². The summed E-state index contributed by atoms with van der Waals surface area (Å²) in [4.78, 5) is 10.5. The second-order valence-electron chi connectivity index (χ2n) is 4.43. The standard InChI is InChI=1S/C12H16N2O3/c1-8-3-4-11(14(15)16)12(5-8)17-10-6-9(7-10)13-2/h3-5,9-10,13H,6-7H2,1-2H3. The van der Waals surface area contributed by atoms with E-state index in [0.29, 0.717) is 11.8 Å². The molecule has 0 bridgehead atoms. The van der Waals surface area contributed by atoms with Gasteiger partial charge in [0.25, 0.3) is 0 Å². The maximum absolute atomic E-state index is 10.9. The molecule has 1 N–H and O–H groups in total. The van der Waals surface area contributed by atoms with E-state index in [0.717, 1.165) is 18.4 Å². The number of nitro benzene ring substituents is 1. The Morgan fingerprint density at radius 1 is 1.47 bits per heavy atom. The molecule has 0 atom stereocenters. The zero-order valence-electron chi connectivity index (χ0n) is 9.97. The smallest absolute Gasteiger partial charge is 0.310 e. The van der Waals surface area contributed by atoms with Crippen LogP contribution in [0.5, 0.6) is 5.75 Å². The molecule has 0 unspecified atom stereocenters. The number of benzene rings is 1. The number of aryl methyl sites for hydroxylation is 1. The SMILES string of the molecule is CNC1CC(Oc2cc(C)ccc2[N+](=O)[O-])C1. The molecule has 0 aliphatic heterocycles. The Balaban J connectivity index is 2.09. The molecule has 0 heterocycles. The monoisotopic (exact) mass is 236 g/mol. The molecule has 92 valence electrons. The maximum atomic E-state index is 10.9. The predicted octanol–water partition coefficient (Wildman–Crippen LogP) is 2.03. The minimum absolute atomic E-state index is 0.0449. The molecule has 0 saturated heterocycles. The molecule has 0 spiro atoms. The van der Waals surface area contributed by atoms with E-state index < -0.39 is 4.92 Å². The van der Waals surface area contributed by atoms with Crippen molar-refractivity contribution in [2.45, 2.75) is 31.9 Å². The van der Waals surface area contributed by atoms with E-state index >= 15 is 0 Å². The second-order valence-corrected chi connectivity index (χ2v) is 4.43. The van der Waals surface area contributed by atoms with Crippen LogP contribution in [0, 0.1) is 17.0 Å². The molecule has 1 aromatic rings. The van der Waals surface area contributed by atoms with Crippen LogP contribution in [0.4, 0.5) is 5.69 Å². The largest absolute Gasteiger partial charge is 0.483 e. The summed E-state index contributed by atoms with van der Waals surface area (Å²) in [6, 6.07) is 5.43. The lowest BCUT2D eigenvalue weighted by atomic mass is 9.89. The van der Waals surface area contributed by atoms with Crippen molar-refractivity contribution < 1.29 is 9.66 Å². The van der Waals surface area contributed by atoms with Gasteiger partial charge < -0.3 is 10.1 Å². The van der Waals surface area contributed by atoms with Crippen LogP contribution in [0.15, 0.2) is 18.2 Å². The first-order chi connectivity index (χ1) is 8.10. The summed E-state index contributed by atoms with van der Waals surface area (Å²) in [6.07, 6.45) is 1.90. The van der Waals surface area contributed by atoms with E-state index in [-0.39, 0.29) is 11.8 Å². The van der Waals surface area contributed by atoms with Gasteiger partial charge >= 0.3 is 5.69 Å². The fourth-order valence-corrected chi connectivity index (χ4v) is 1.94. The number of nitrogens with one attached hydrogen (secondary N) is 1. The Bertz CT molecular complexity index is 428. The molecule has 2 rings (SSSR count). The lowest BCUT2D eigenvalue weighted by Gasteiger charge is -2.34. The number of nitro groups is 1. The molecular formula is C12H16N2O3. The zero-order chi connectivity index (χ0) is 12.4. The molecular weight excluding hydrogens is 220 g/mol. The normalized spacial score (nSPS) is 22.9. The van der Waals surface area contributed by atoms with Crippen molar-refractivity contribution in [2.75, 3.05) is 7.05 Å². The van der Waals surface area contributed by atoms with Gasteiger partial charge in [-0.15, -0.1) is 0 Å². The van der Waals surface area contributed by atoms with E-state index in [2.05, 4.69) is 5.32 Å². The van der Waals surface area contributed by atoms with Gasteiger partial charge in [0, 0.05) is 12.1 Å². The highest BCUT2D eigenvalue weighted by molar-refractivity contribution is 5.48. The van der Waals surface area contributed by atoms with Crippen molar-refractivity contribution in [2.24, 2.45) is 0 Å². The van der Waals surface area contributed by atoms with Crippen LogP contribution in [-0.2, 0) is 0 Å². The van der Waals surface area contributed by atoms with Crippen molar-refractivity contribution >= 4 is 5.69 Å². The van der Waals surface area contributed by atoms with E-state index in [1.807, 2.05) is 14.0 Å². The van der Waals surface area contributed by atoms with Crippen LogP contribution in [0.25, 0.3) is 0 Å². The molecule has 0 radical (unpaired) electrons. The van der Waals surface area contributed by atoms with Crippen LogP contribution in [0.2, 0.25) is 0 Å². The average molecular weight is 236 g/mol. The molecule has 1 aliphatic rings. The van der Waals surface area contributed by atoms with E-state index in [9.17, 15) is 10.1 Å². The first-order valence-electron chi connectivity index (χ1n) is 5.69. The predicted molar refractivity (Wildman–Crippen MR) is 64.3 cm³/mol. The third-order valence-electron chi connectivity index (χ3n) is 3.11. The van der Waals surface area contributed by atoms with Crippen molar-refractivity contribution in [3.8, 4) is 5.75 Å². The van der Waals surface area contributed by atoms with Crippen LogP contribution in [0.3, 0.4) is 0 Å². The molecule has 17 heavy (non-hydrogen) atoms. The van der Waals surface area contributed by atoms with Crippen molar-refractivity contribution in [1.82, 2.24) is 5.32 Å². The minimum atomic E-state index is -0.400. The van der Waals surface area contributed by atoms with Gasteiger partial charge in [-0.3, -0.25) is 10.1 Å². The van der Waals surface area contributed by atoms with E-state index in [1.165, 1.54) is 6.07 Å². The summed E-state index contributed by atoms with van der Waals surface area (Å²) in [5, 5.41) is 14.0. The summed E-state index contributed by atoms with van der Waals surface area (Å²) >= 11 is 0. The van der Waals surface area contributed by atoms with Gasteiger partial charge in [0.15, 0.2) is 5.75 Å². The van der Waals surface area contributed by atoms with Crippen molar-refractivity contribution in [3.63, 3.8) is 0 Å². The van der Waals surface area contributed by atoms with Crippen LogP contribution < -0.4 is 10.1 Å². The molecule has 1 aromatic carbocycles. The van der Waals surface area contributed by atoms with Crippen LogP contribution >= 0.6 is 0 Å². The highest BCUT2D eigenvalue weighted by Gasteiger charge is 2.31. The fourth-order valence-electron chi connectivity index (χ4n) is 1.94. The number of nitrogens with zero attached hydrogens (tertiary/aromatic N) is 1. The molecule has 5 nitrogen and oxygen atoms in total. The van der Waals surface area contributed by atoms with Crippen molar-refractivity contribution in [3.05, 3.63) is 33.9 Å². The summed E-state index contributed by atoms with van der Waals surface area (Å²) in [6.45, 7) is 1.90. The minimum Gasteiger partial charge on any atom is -0.483 e. The number of hydrogen-bond donors (Lipinski definition) is 1. The fraction of sp³-hybridized carbons (Fsp3) is 0.500. The molecule has 0 aromatic heterocycles. The van der Waals surface area contributed by atoms with Gasteiger partial charge in [-0.25, -0.2) is 0 Å². The van der Waals surface area contributed by atoms with E-state index in [4.69, 9.17) is 4.74 Å². The Morgan fingerprint density at radius 3 is 2.76 bits per heavy atom. The third-order valence-corrected chi connectivity index (χ3v) is 3.11. The summed E-state index contributed by atoms with van der Waals surface area (Å²) in [5.74, 6) is 0.384. The van der Waals surface area contributed by atoms with Gasteiger partial charge in [0.2, 0.25) is 0 Å². The molecule has 1 fully saturated rings. The van der Waals surface area contributed by atoms with E-state index in [1.54, 1.807) is 12.1 Å². The molecule has 5 heteroatoms. The highest BCUT2D eigenvalue weighted by Crippen LogP contribution is 2.32. The van der Waals surface area contributed by atoms with Gasteiger partial charge in [-0.05, 0) is 38.4 Å². The maximum Gasteiger partial charge on any atom is 0.310 e. The number of ether oxygens (including phenoxy) is 1. The Hall–Kier alpha value is -1.62. The highest BCUT2D eigenvalue weighted by atomic mass is 16.6. The molecule has 0 amide bonds. The molecule has 1 aliphatic carbocycles. The molecule has 1 saturated carbocycles. The number of hydrogen-bond acceptors (Lipinski definition) is 4. The van der Waals surface area contributed by atoms with Gasteiger partial charge in [-0.1, -0.05) is 6.07 Å². The lowest BCUT2D eigenvalue weighted by Crippen LogP contribution is -2.45. The second kappa shape index (κ2) is 4.71. The summed E-state index contributed by atoms with van der Waals surface area (Å²) < 4.78 is 5.67. The van der Waals surface area contributed by atoms with Gasteiger partial charge in [-0.2, -0.15) is 0 Å². The number of rotatable bonds is 4. The summed E-state index contributed by atoms with van der Waals surface area (Å²) in [5.41, 5.74) is 1.01. The third kappa shape index (κ3) is 2.55. The zero-order valence-corrected chi connectivity index (χ0v) is 9.97. The Kier molecular flexibility index (Phi) is 3.28. The average Bonchev–Trinajstić information content (AvgIpc) is 2.22. The van der Waals surface area contributed by atoms with Crippen molar-refractivity contribution in [1.29, 1.82) is 0 Å². The first kappa shape index (κ1) is 11.9. The Morgan fingerprint density at radius 2 is 2.18 bits per heavy atom. The van der Waals surface area contributed by atoms with Crippen LogP contribution in [0.1, 0.15) is 18.4 Å². The summed E-state index contributed by atoms with van der Waals surface area (Å²) in [7, 11) is 1.91. The van der Waals surface area contributed by atoms with Gasteiger partial charge in [0.05, 0.1) is 4.92 Å². The lowest BCUT2D eigenvalue weighted by molar-refractivity contribution is -0.386. The van der Waals surface area contributed by atoms with Crippen LogP contribution in [-0.4, -0.2) is 24.1 Å².